The molecule has 0 aliphatic carbocycles. The van der Waals surface area contributed by atoms with E-state index in [1.807, 2.05) is 25.1 Å². The van der Waals surface area contributed by atoms with E-state index in [-0.39, 0.29) is 0 Å². The van der Waals surface area contributed by atoms with E-state index in [0.29, 0.717) is 11.7 Å². The van der Waals surface area contributed by atoms with Crippen LogP contribution in [0.3, 0.4) is 0 Å². The van der Waals surface area contributed by atoms with Crippen molar-refractivity contribution in [2.45, 2.75) is 20.3 Å². The topological polar surface area (TPSA) is 51.0 Å². The second-order valence-electron chi connectivity index (χ2n) is 4.07. The molecule has 0 fully saturated rings. The summed E-state index contributed by atoms with van der Waals surface area (Å²) in [6.45, 7) is 5.92. The second-order valence-corrected chi connectivity index (χ2v) is 4.99. The summed E-state index contributed by atoms with van der Waals surface area (Å²) >= 11 is 3.44. The molecular weight excluding hydrogens is 294 g/mol. The van der Waals surface area contributed by atoms with E-state index in [9.17, 15) is 0 Å². The average Bonchev–Trinajstić information content (AvgIpc) is 2.78. The normalized spacial score (nSPS) is 10.8. The summed E-state index contributed by atoms with van der Waals surface area (Å²) in [5, 5.41) is 7.26. The molecule has 1 aromatic carbocycles. The molecule has 4 nitrogen and oxygen atoms in total. The van der Waals surface area contributed by atoms with Crippen LogP contribution in [0.25, 0.3) is 11.4 Å². The minimum Gasteiger partial charge on any atom is -0.339 e. The number of benzene rings is 1. The first-order valence-electron chi connectivity index (χ1n) is 6.00. The van der Waals surface area contributed by atoms with E-state index in [1.165, 1.54) is 0 Å². The van der Waals surface area contributed by atoms with Gasteiger partial charge in [0.15, 0.2) is 0 Å². The lowest BCUT2D eigenvalue weighted by atomic mass is 10.1. The zero-order valence-corrected chi connectivity index (χ0v) is 12.1. The monoisotopic (exact) mass is 309 g/mol. The molecular formula is C13H16BrN3O. The first-order chi connectivity index (χ1) is 8.70. The van der Waals surface area contributed by atoms with Crippen molar-refractivity contribution in [3.05, 3.63) is 34.1 Å². The van der Waals surface area contributed by atoms with Crippen molar-refractivity contribution in [2.24, 2.45) is 0 Å². The van der Waals surface area contributed by atoms with E-state index < -0.39 is 0 Å². The maximum absolute atomic E-state index is 5.24. The first kappa shape index (κ1) is 13.2. The minimum atomic E-state index is 0.659. The lowest BCUT2D eigenvalue weighted by Crippen LogP contribution is -2.16. The van der Waals surface area contributed by atoms with Gasteiger partial charge in [0.2, 0.25) is 11.7 Å². The molecule has 0 saturated heterocycles. The maximum Gasteiger partial charge on any atom is 0.228 e. The van der Waals surface area contributed by atoms with Gasteiger partial charge in [0.25, 0.3) is 0 Å². The largest absolute Gasteiger partial charge is 0.339 e. The Balaban J connectivity index is 2.13. The Morgan fingerprint density at radius 2 is 2.22 bits per heavy atom. The first-order valence-corrected chi connectivity index (χ1v) is 6.80. The quantitative estimate of drug-likeness (QED) is 0.863. The van der Waals surface area contributed by atoms with Crippen molar-refractivity contribution in [1.29, 1.82) is 0 Å². The van der Waals surface area contributed by atoms with Crippen LogP contribution in [0, 0.1) is 6.92 Å². The fraction of sp³-hybridized carbons (Fsp3) is 0.385. The van der Waals surface area contributed by atoms with Gasteiger partial charge in [-0.15, -0.1) is 0 Å². The highest BCUT2D eigenvalue weighted by Gasteiger charge is 2.10. The Morgan fingerprint density at radius 1 is 1.39 bits per heavy atom. The van der Waals surface area contributed by atoms with Crippen LogP contribution in [-0.2, 0) is 6.42 Å². The van der Waals surface area contributed by atoms with Crippen LogP contribution in [0.5, 0.6) is 0 Å². The lowest BCUT2D eigenvalue weighted by molar-refractivity contribution is 0.377. The van der Waals surface area contributed by atoms with Crippen molar-refractivity contribution in [2.75, 3.05) is 13.1 Å². The molecule has 0 bridgehead atoms. The minimum absolute atomic E-state index is 0.659. The summed E-state index contributed by atoms with van der Waals surface area (Å²) in [6.07, 6.45) is 0.760. The number of likely N-dealkylation sites (N-methyl/N-ethyl adjacent to an activating group) is 1. The van der Waals surface area contributed by atoms with Gasteiger partial charge in [-0.3, -0.25) is 0 Å². The highest BCUT2D eigenvalue weighted by Crippen LogP contribution is 2.23. The summed E-state index contributed by atoms with van der Waals surface area (Å²) in [4.78, 5) is 4.41. The van der Waals surface area contributed by atoms with Crippen LogP contribution >= 0.6 is 15.9 Å². The molecule has 1 heterocycles. The van der Waals surface area contributed by atoms with E-state index in [4.69, 9.17) is 4.52 Å². The van der Waals surface area contributed by atoms with Gasteiger partial charge in [-0.25, -0.2) is 0 Å². The molecule has 0 unspecified atom stereocenters. The van der Waals surface area contributed by atoms with Gasteiger partial charge >= 0.3 is 0 Å². The predicted octanol–water partition coefficient (Wildman–Crippen LogP) is 2.96. The van der Waals surface area contributed by atoms with Gasteiger partial charge in [-0.2, -0.15) is 4.98 Å². The summed E-state index contributed by atoms with van der Waals surface area (Å²) < 4.78 is 6.29. The van der Waals surface area contributed by atoms with Crippen molar-refractivity contribution in [3.8, 4) is 11.4 Å². The van der Waals surface area contributed by atoms with Crippen molar-refractivity contribution >= 4 is 15.9 Å². The van der Waals surface area contributed by atoms with Crippen LogP contribution < -0.4 is 5.32 Å². The van der Waals surface area contributed by atoms with Gasteiger partial charge < -0.3 is 9.84 Å². The summed E-state index contributed by atoms with van der Waals surface area (Å²) in [5.41, 5.74) is 2.14. The van der Waals surface area contributed by atoms with E-state index in [2.05, 4.69) is 38.3 Å². The Bertz CT molecular complexity index is 525. The maximum atomic E-state index is 5.24. The Labute approximate surface area is 115 Å². The van der Waals surface area contributed by atoms with Crippen molar-refractivity contribution in [1.82, 2.24) is 15.5 Å². The zero-order valence-electron chi connectivity index (χ0n) is 10.5. The standard InChI is InChI=1S/C13H16BrN3O/c1-3-15-7-6-12-16-13(17-18-12)11-5-4-10(14)8-9(11)2/h4-5,8,15H,3,6-7H2,1-2H3. The van der Waals surface area contributed by atoms with Crippen LogP contribution in [-0.4, -0.2) is 23.2 Å². The third-order valence-electron chi connectivity index (χ3n) is 2.66. The number of hydrogen-bond donors (Lipinski definition) is 1. The van der Waals surface area contributed by atoms with Crippen LogP contribution in [0.2, 0.25) is 0 Å². The number of halogens is 1. The Hall–Kier alpha value is -1.20. The van der Waals surface area contributed by atoms with Gasteiger partial charge in [0, 0.05) is 23.0 Å². The molecule has 2 rings (SSSR count). The molecule has 2 aromatic rings. The van der Waals surface area contributed by atoms with Crippen molar-refractivity contribution < 1.29 is 4.52 Å². The lowest BCUT2D eigenvalue weighted by Gasteiger charge is -2.00. The SMILES string of the molecule is CCNCCc1nc(-c2ccc(Br)cc2C)no1. The highest BCUT2D eigenvalue weighted by molar-refractivity contribution is 9.10. The van der Waals surface area contributed by atoms with Crippen LogP contribution in [0.4, 0.5) is 0 Å². The number of nitrogens with one attached hydrogen (secondary N) is 1. The molecule has 0 atom stereocenters. The molecule has 5 heteroatoms. The van der Waals surface area contributed by atoms with Gasteiger partial charge in [-0.1, -0.05) is 28.0 Å². The number of rotatable bonds is 5. The molecule has 0 radical (unpaired) electrons. The summed E-state index contributed by atoms with van der Waals surface area (Å²) in [5.74, 6) is 1.33. The summed E-state index contributed by atoms with van der Waals surface area (Å²) in [7, 11) is 0. The molecule has 18 heavy (non-hydrogen) atoms. The van der Waals surface area contributed by atoms with Gasteiger partial charge in [-0.05, 0) is 37.2 Å². The third-order valence-corrected chi connectivity index (χ3v) is 3.16. The average molecular weight is 310 g/mol. The molecule has 1 aromatic heterocycles. The molecule has 0 aliphatic heterocycles. The fourth-order valence-corrected chi connectivity index (χ4v) is 2.19. The predicted molar refractivity (Wildman–Crippen MR) is 74.4 cm³/mol. The molecule has 96 valence electrons. The van der Waals surface area contributed by atoms with E-state index >= 15 is 0 Å². The summed E-state index contributed by atoms with van der Waals surface area (Å²) in [6, 6.07) is 6.03. The number of nitrogens with zero attached hydrogens (tertiary/aromatic N) is 2. The van der Waals surface area contributed by atoms with Crippen LogP contribution in [0.15, 0.2) is 27.2 Å². The molecule has 0 saturated carbocycles. The van der Waals surface area contributed by atoms with E-state index in [0.717, 1.165) is 35.1 Å². The fourth-order valence-electron chi connectivity index (χ4n) is 1.72. The molecule has 1 N–H and O–H groups in total. The molecule has 0 aliphatic rings. The zero-order chi connectivity index (χ0) is 13.0. The van der Waals surface area contributed by atoms with Crippen molar-refractivity contribution in [3.63, 3.8) is 0 Å². The number of aryl methyl sites for hydroxylation is 1. The Morgan fingerprint density at radius 3 is 2.94 bits per heavy atom. The number of aromatic nitrogens is 2. The second kappa shape index (κ2) is 6.11. The number of hydrogen-bond acceptors (Lipinski definition) is 4. The smallest absolute Gasteiger partial charge is 0.228 e. The molecule has 0 amide bonds. The third kappa shape index (κ3) is 3.17. The van der Waals surface area contributed by atoms with Gasteiger partial charge in [0.05, 0.1) is 0 Å². The van der Waals surface area contributed by atoms with E-state index in [1.54, 1.807) is 0 Å². The van der Waals surface area contributed by atoms with Crippen LogP contribution in [0.1, 0.15) is 18.4 Å². The van der Waals surface area contributed by atoms with Gasteiger partial charge in [0.1, 0.15) is 0 Å². The highest BCUT2D eigenvalue weighted by atomic mass is 79.9. The molecule has 0 spiro atoms. The Kier molecular flexibility index (Phi) is 4.49.